The molecule has 0 aliphatic heterocycles. The Kier molecular flexibility index (Phi) is 4.66. The first-order valence-electron chi connectivity index (χ1n) is 6.73. The van der Waals surface area contributed by atoms with Gasteiger partial charge in [0.15, 0.2) is 0 Å². The molecule has 0 aliphatic carbocycles. The molecule has 0 fully saturated rings. The number of thiophene rings is 1. The maximum atomic E-state index is 12.2. The summed E-state index contributed by atoms with van der Waals surface area (Å²) in [5.41, 5.74) is 0.299. The van der Waals surface area contributed by atoms with Gasteiger partial charge in [0.25, 0.3) is 5.56 Å². The van der Waals surface area contributed by atoms with E-state index in [9.17, 15) is 9.59 Å². The number of benzene rings is 1. The molecule has 5 nitrogen and oxygen atoms in total. The summed E-state index contributed by atoms with van der Waals surface area (Å²) >= 11 is 13.3. The van der Waals surface area contributed by atoms with Gasteiger partial charge in [-0.1, -0.05) is 29.3 Å². The van der Waals surface area contributed by atoms with Crippen molar-refractivity contribution in [1.29, 1.82) is 0 Å². The van der Waals surface area contributed by atoms with Crippen molar-refractivity contribution in [1.82, 2.24) is 9.55 Å². The van der Waals surface area contributed by atoms with Gasteiger partial charge >= 0.3 is 0 Å². The van der Waals surface area contributed by atoms with Crippen LogP contribution in [-0.4, -0.2) is 15.5 Å². The highest BCUT2D eigenvalue weighted by molar-refractivity contribution is 7.16. The molecule has 118 valence electrons. The molecule has 0 atom stereocenters. The normalized spacial score (nSPS) is 10.9. The van der Waals surface area contributed by atoms with E-state index in [1.165, 1.54) is 22.2 Å². The van der Waals surface area contributed by atoms with Crippen molar-refractivity contribution >= 4 is 56.3 Å². The summed E-state index contributed by atoms with van der Waals surface area (Å²) in [6, 6.07) is 6.73. The van der Waals surface area contributed by atoms with Gasteiger partial charge in [0.2, 0.25) is 5.91 Å². The largest absolute Gasteiger partial charge is 0.325 e. The van der Waals surface area contributed by atoms with Crippen LogP contribution in [0.3, 0.4) is 0 Å². The average molecular weight is 368 g/mol. The zero-order valence-electron chi connectivity index (χ0n) is 11.8. The number of aromatic nitrogens is 2. The lowest BCUT2D eigenvalue weighted by Gasteiger charge is -2.09. The summed E-state index contributed by atoms with van der Waals surface area (Å²) in [7, 11) is 0. The third-order valence-electron chi connectivity index (χ3n) is 3.26. The number of anilines is 1. The van der Waals surface area contributed by atoms with Crippen LogP contribution in [0.5, 0.6) is 0 Å². The number of carbonyl (C=O) groups is 1. The topological polar surface area (TPSA) is 64.0 Å². The van der Waals surface area contributed by atoms with Crippen molar-refractivity contribution < 1.29 is 4.79 Å². The van der Waals surface area contributed by atoms with Crippen molar-refractivity contribution in [2.24, 2.45) is 0 Å². The minimum Gasteiger partial charge on any atom is -0.325 e. The number of halogens is 2. The molecule has 1 N–H and O–H groups in total. The molecule has 3 rings (SSSR count). The van der Waals surface area contributed by atoms with Gasteiger partial charge in [-0.15, -0.1) is 11.3 Å². The van der Waals surface area contributed by atoms with Gasteiger partial charge in [-0.25, -0.2) is 4.98 Å². The van der Waals surface area contributed by atoms with E-state index in [1.54, 1.807) is 24.3 Å². The summed E-state index contributed by atoms with van der Waals surface area (Å²) < 4.78 is 1.42. The van der Waals surface area contributed by atoms with Gasteiger partial charge in [0.1, 0.15) is 4.83 Å². The Morgan fingerprint density at radius 3 is 2.96 bits per heavy atom. The third kappa shape index (κ3) is 3.39. The predicted molar refractivity (Wildman–Crippen MR) is 93.6 cm³/mol. The number of nitrogens with zero attached hydrogens (tertiary/aromatic N) is 2. The Hall–Kier alpha value is -1.89. The number of aryl methyl sites for hydroxylation is 1. The van der Waals surface area contributed by atoms with Crippen LogP contribution in [0.4, 0.5) is 5.69 Å². The number of fused-ring (bicyclic) bond motifs is 1. The first-order chi connectivity index (χ1) is 11.1. The van der Waals surface area contributed by atoms with E-state index >= 15 is 0 Å². The molecule has 0 saturated heterocycles. The molecule has 0 saturated carbocycles. The Morgan fingerprint density at radius 2 is 2.13 bits per heavy atom. The second-order valence-corrected chi connectivity index (χ2v) is 6.46. The number of rotatable bonds is 4. The van der Waals surface area contributed by atoms with Gasteiger partial charge in [0.05, 0.1) is 27.4 Å². The van der Waals surface area contributed by atoms with Crippen LogP contribution in [-0.2, 0) is 11.3 Å². The fraction of sp³-hybridized carbons (Fsp3) is 0.133. The second kappa shape index (κ2) is 6.70. The monoisotopic (exact) mass is 367 g/mol. The van der Waals surface area contributed by atoms with Crippen LogP contribution in [0.25, 0.3) is 10.2 Å². The molecule has 2 aromatic heterocycles. The van der Waals surface area contributed by atoms with Gasteiger partial charge in [-0.3, -0.25) is 14.2 Å². The van der Waals surface area contributed by atoms with Crippen molar-refractivity contribution in [2.45, 2.75) is 13.0 Å². The standard InChI is InChI=1S/C15H11Cl2N3O2S/c16-10-2-1-3-11(13(10)17)19-12(21)4-6-20-8-18-14-9(15(20)22)5-7-23-14/h1-3,5,7-8H,4,6H2,(H,19,21). The quantitative estimate of drug-likeness (QED) is 0.762. The van der Waals surface area contributed by atoms with Gasteiger partial charge in [-0.2, -0.15) is 0 Å². The lowest BCUT2D eigenvalue weighted by Crippen LogP contribution is -2.23. The third-order valence-corrected chi connectivity index (χ3v) is 4.90. The van der Waals surface area contributed by atoms with Crippen LogP contribution in [0.1, 0.15) is 6.42 Å². The first kappa shape index (κ1) is 16.0. The Morgan fingerprint density at radius 1 is 1.30 bits per heavy atom. The van der Waals surface area contributed by atoms with Crippen molar-refractivity contribution in [3.8, 4) is 0 Å². The Bertz CT molecular complexity index is 936. The molecular formula is C15H11Cl2N3O2S. The molecule has 3 aromatic rings. The SMILES string of the molecule is O=C(CCn1cnc2sccc2c1=O)Nc1cccc(Cl)c1Cl. The molecule has 0 aliphatic rings. The van der Waals surface area contributed by atoms with Crippen molar-refractivity contribution in [3.05, 3.63) is 56.4 Å². The lowest BCUT2D eigenvalue weighted by atomic mass is 10.3. The molecule has 0 radical (unpaired) electrons. The molecule has 23 heavy (non-hydrogen) atoms. The van der Waals surface area contributed by atoms with Gasteiger partial charge < -0.3 is 5.32 Å². The van der Waals surface area contributed by atoms with E-state index in [0.717, 1.165) is 0 Å². The van der Waals surface area contributed by atoms with Gasteiger partial charge in [-0.05, 0) is 23.6 Å². The smallest absolute Gasteiger partial charge is 0.262 e. The zero-order chi connectivity index (χ0) is 16.4. The number of hydrogen-bond donors (Lipinski definition) is 1. The van der Waals surface area contributed by atoms with E-state index in [-0.39, 0.29) is 24.4 Å². The number of amides is 1. The molecule has 8 heteroatoms. The molecule has 1 amide bonds. The minimum absolute atomic E-state index is 0.125. The molecule has 0 spiro atoms. The van der Waals surface area contributed by atoms with Gasteiger partial charge in [0, 0.05) is 13.0 Å². The van der Waals surface area contributed by atoms with E-state index < -0.39 is 0 Å². The van der Waals surface area contributed by atoms with Crippen LogP contribution in [0, 0.1) is 0 Å². The Labute approximate surface area is 145 Å². The number of hydrogen-bond acceptors (Lipinski definition) is 4. The Balaban J connectivity index is 1.70. The van der Waals surface area contributed by atoms with Crippen molar-refractivity contribution in [2.75, 3.05) is 5.32 Å². The second-order valence-electron chi connectivity index (χ2n) is 4.78. The summed E-state index contributed by atoms with van der Waals surface area (Å²) in [5.74, 6) is -0.258. The van der Waals surface area contributed by atoms with Crippen LogP contribution < -0.4 is 10.9 Å². The molecule has 2 heterocycles. The maximum Gasteiger partial charge on any atom is 0.262 e. The van der Waals surface area contributed by atoms with Crippen LogP contribution in [0.15, 0.2) is 40.8 Å². The summed E-state index contributed by atoms with van der Waals surface area (Å²) in [4.78, 5) is 29.1. The highest BCUT2D eigenvalue weighted by atomic mass is 35.5. The summed E-state index contributed by atoms with van der Waals surface area (Å²) in [6.07, 6.45) is 1.58. The number of nitrogens with one attached hydrogen (secondary N) is 1. The van der Waals surface area contributed by atoms with E-state index in [4.69, 9.17) is 23.2 Å². The lowest BCUT2D eigenvalue weighted by molar-refractivity contribution is -0.116. The minimum atomic E-state index is -0.258. The maximum absolute atomic E-state index is 12.2. The highest BCUT2D eigenvalue weighted by Crippen LogP contribution is 2.29. The fourth-order valence-corrected chi connectivity index (χ4v) is 3.16. The number of carbonyl (C=O) groups excluding carboxylic acids is 1. The predicted octanol–water partition coefficient (Wildman–Crippen LogP) is 3.79. The zero-order valence-corrected chi connectivity index (χ0v) is 14.1. The summed E-state index contributed by atoms with van der Waals surface area (Å²) in [5, 5.41) is 5.73. The summed E-state index contributed by atoms with van der Waals surface area (Å²) in [6.45, 7) is 0.238. The molecule has 0 unspecified atom stereocenters. The van der Waals surface area contributed by atoms with Crippen LogP contribution >= 0.6 is 34.5 Å². The molecule has 0 bridgehead atoms. The highest BCUT2D eigenvalue weighted by Gasteiger charge is 2.10. The van der Waals surface area contributed by atoms with E-state index in [2.05, 4.69) is 10.3 Å². The molecular weight excluding hydrogens is 357 g/mol. The van der Waals surface area contributed by atoms with Crippen LogP contribution in [0.2, 0.25) is 10.0 Å². The van der Waals surface area contributed by atoms with E-state index in [0.29, 0.717) is 25.9 Å². The fourth-order valence-electron chi connectivity index (χ4n) is 2.09. The van der Waals surface area contributed by atoms with E-state index in [1.807, 2.05) is 5.38 Å². The molecule has 1 aromatic carbocycles. The first-order valence-corrected chi connectivity index (χ1v) is 8.36. The average Bonchev–Trinajstić information content (AvgIpc) is 3.01. The van der Waals surface area contributed by atoms with Crippen molar-refractivity contribution in [3.63, 3.8) is 0 Å².